The van der Waals surface area contributed by atoms with Crippen molar-refractivity contribution >= 4 is 56.3 Å². The molecule has 4 unspecified atom stereocenters. The van der Waals surface area contributed by atoms with Gasteiger partial charge in [-0.15, -0.1) is 0 Å². The number of nitrogens with zero attached hydrogens (tertiary/aromatic N) is 3. The van der Waals surface area contributed by atoms with Crippen LogP contribution in [0.25, 0.3) is 10.4 Å². The van der Waals surface area contributed by atoms with Gasteiger partial charge >= 0.3 is 441 Å². The Morgan fingerprint density at radius 3 is 1.63 bits per heavy atom. The SMILES string of the molecule is [C-]#[N+]CCOP(OC(CC)COCCCNC(=O)c1ccc(C2=c3cc4c(c([As]56(OC(C)(C)C(C)(C)O5)OC(C)(C)C(C)(C)O6)c3Oc3c2cc2c(c3[As]35(OC(C)(C)C(C)(C)O3)OC(C)(C)C(C)(C)O5)CC(C)(C)CC2C)=NC(C)(C)CC4C)cc1)N(C(C)C)C(C)C. The van der Waals surface area contributed by atoms with Gasteiger partial charge in [0.15, 0.2) is 0 Å². The minimum absolute atomic E-state index is 0.00338. The van der Waals surface area contributed by atoms with Crippen LogP contribution in [0, 0.1) is 12.0 Å². The summed E-state index contributed by atoms with van der Waals surface area (Å²) >= 11 is -12.2. The predicted molar refractivity (Wildman–Crippen MR) is 371 cm³/mol. The third kappa shape index (κ3) is 12.2. The number of fused-ring (bicyclic) bond motifs is 4. The molecule has 1 amide bonds. The molecule has 4 atom stereocenters. The molecular formula is C73H113As2N4O13P. The van der Waals surface area contributed by atoms with E-state index in [9.17, 15) is 4.79 Å². The van der Waals surface area contributed by atoms with Gasteiger partial charge in [0.25, 0.3) is 8.53 Å². The van der Waals surface area contributed by atoms with Crippen LogP contribution < -0.4 is 29.3 Å². The quantitative estimate of drug-likeness (QED) is 0.0409. The molecule has 6 aliphatic heterocycles. The van der Waals surface area contributed by atoms with Gasteiger partial charge in [0.05, 0.1) is 12.7 Å². The van der Waals surface area contributed by atoms with Crippen LogP contribution in [-0.2, 0) is 50.0 Å². The zero-order valence-corrected chi connectivity index (χ0v) is 66.1. The second-order valence-electron chi connectivity index (χ2n) is 33.5. The molecule has 4 saturated heterocycles. The summed E-state index contributed by atoms with van der Waals surface area (Å²) in [6.45, 7) is 66.4. The summed E-state index contributed by atoms with van der Waals surface area (Å²) in [5.41, 5.74) is -1.99. The van der Waals surface area contributed by atoms with Gasteiger partial charge in [-0.3, -0.25) is 0 Å². The fourth-order valence-electron chi connectivity index (χ4n) is 14.8. The van der Waals surface area contributed by atoms with E-state index in [1.54, 1.807) is 0 Å². The van der Waals surface area contributed by atoms with Crippen LogP contribution in [0.5, 0.6) is 11.5 Å². The topological polar surface area (TPSA) is 160 Å². The molecule has 518 valence electrons. The number of hydrogen-bond acceptors (Lipinski definition) is 15. The molecule has 0 saturated carbocycles. The molecule has 0 bridgehead atoms. The van der Waals surface area contributed by atoms with Gasteiger partial charge in [-0.25, -0.2) is 11.2 Å². The number of hydrogen-bond donors (Lipinski definition) is 1. The van der Waals surface area contributed by atoms with E-state index in [1.807, 2.05) is 12.1 Å². The maximum Gasteiger partial charge on any atom is 0.0122 e. The van der Waals surface area contributed by atoms with Crippen molar-refractivity contribution in [2.45, 2.75) is 299 Å². The largest absolute Gasteiger partial charge is 0.232 e. The van der Waals surface area contributed by atoms with E-state index in [2.05, 4.69) is 226 Å². The third-order valence-corrected chi connectivity index (χ3v) is 41.7. The van der Waals surface area contributed by atoms with Crippen LogP contribution in [0.1, 0.15) is 263 Å². The van der Waals surface area contributed by atoms with Crippen molar-refractivity contribution in [3.8, 4) is 11.5 Å². The molecule has 1 aliphatic carbocycles. The fourth-order valence-corrected chi connectivity index (χ4v) is 40.5. The first kappa shape index (κ1) is 72.9. The number of carbonyl (C=O) groups is 1. The van der Waals surface area contributed by atoms with Crippen LogP contribution in [0.4, 0.5) is 0 Å². The normalized spacial score (nSPS) is 27.9. The first-order valence-corrected chi connectivity index (χ1v) is 43.3. The number of benzene rings is 3. The van der Waals surface area contributed by atoms with Crippen molar-refractivity contribution in [2.75, 3.05) is 32.9 Å². The fraction of sp³-hybridized carbons (Fsp3) is 0.712. The summed E-state index contributed by atoms with van der Waals surface area (Å²) in [6.07, 6.45) is 3.47. The zero-order valence-electron chi connectivity index (χ0n) is 61.4. The van der Waals surface area contributed by atoms with Gasteiger partial charge in [0.1, 0.15) is 6.61 Å². The summed E-state index contributed by atoms with van der Waals surface area (Å²) in [4.78, 5) is 23.6. The van der Waals surface area contributed by atoms with Gasteiger partial charge in [-0.1, -0.05) is 6.92 Å². The van der Waals surface area contributed by atoms with Crippen molar-refractivity contribution in [1.82, 2.24) is 9.99 Å². The van der Waals surface area contributed by atoms with Crippen LogP contribution in [-0.4, -0.2) is 140 Å². The van der Waals surface area contributed by atoms with Crippen molar-refractivity contribution in [3.63, 3.8) is 0 Å². The van der Waals surface area contributed by atoms with Crippen LogP contribution in [0.15, 0.2) is 41.4 Å². The Hall–Kier alpha value is -2.84. The van der Waals surface area contributed by atoms with E-state index >= 15 is 0 Å². The Kier molecular flexibility index (Phi) is 18.5. The van der Waals surface area contributed by atoms with E-state index in [1.165, 1.54) is 0 Å². The number of amides is 1. The molecule has 6 heterocycles. The van der Waals surface area contributed by atoms with Gasteiger partial charge in [0.2, 0.25) is 6.54 Å². The van der Waals surface area contributed by atoms with Crippen LogP contribution in [0.3, 0.4) is 0 Å². The molecule has 1 N–H and O–H groups in total. The van der Waals surface area contributed by atoms with Crippen molar-refractivity contribution in [2.24, 2.45) is 10.4 Å². The molecule has 4 fully saturated rings. The number of ether oxygens (including phenoxy) is 2. The predicted octanol–water partition coefficient (Wildman–Crippen LogP) is 13.8. The molecule has 2 spiro atoms. The first-order chi connectivity index (χ1) is 42.6. The molecule has 10 rings (SSSR count). The molecule has 0 aromatic heterocycles. The third-order valence-electron chi connectivity index (χ3n) is 21.6. The summed E-state index contributed by atoms with van der Waals surface area (Å²) < 4.78 is 93.7. The molecule has 3 aromatic carbocycles. The Morgan fingerprint density at radius 1 is 0.677 bits per heavy atom. The van der Waals surface area contributed by atoms with Gasteiger partial charge in [-0.2, -0.15) is 0 Å². The Labute approximate surface area is 562 Å². The van der Waals surface area contributed by atoms with E-state index in [-0.39, 0.29) is 47.9 Å². The second kappa shape index (κ2) is 23.7. The average molecular weight is 1440 g/mol. The van der Waals surface area contributed by atoms with Crippen LogP contribution >= 0.6 is 8.53 Å². The summed E-state index contributed by atoms with van der Waals surface area (Å²) in [6, 6.07) is 12.9. The van der Waals surface area contributed by atoms with E-state index < -0.39 is 86.5 Å². The Bertz CT molecular complexity index is 3460. The molecule has 93 heavy (non-hydrogen) atoms. The molecule has 0 radical (unpaired) electrons. The number of carbonyl (C=O) groups excluding carboxylic acids is 1. The molecule has 17 nitrogen and oxygen atoms in total. The minimum Gasteiger partial charge on any atom is -0.232 e. The average Bonchev–Trinajstić information content (AvgIpc) is 1.51. The number of rotatable bonds is 19. The van der Waals surface area contributed by atoms with Crippen molar-refractivity contribution < 1.29 is 53.1 Å². The van der Waals surface area contributed by atoms with E-state index in [0.29, 0.717) is 70.3 Å². The van der Waals surface area contributed by atoms with Crippen LogP contribution in [0.2, 0.25) is 0 Å². The molecular weight excluding hydrogens is 1320 g/mol. The second-order valence-corrected chi connectivity index (χ2v) is 46.7. The summed E-state index contributed by atoms with van der Waals surface area (Å²) in [5.74, 6) is 0.829. The van der Waals surface area contributed by atoms with E-state index in [4.69, 9.17) is 59.9 Å². The monoisotopic (exact) mass is 1430 g/mol. The van der Waals surface area contributed by atoms with Gasteiger partial charge in [-0.05, 0) is 34.1 Å². The first-order valence-electron chi connectivity index (χ1n) is 34.2. The minimum atomic E-state index is -6.13. The number of nitrogens with one attached hydrogen (secondary N) is 1. The zero-order chi connectivity index (χ0) is 68.9. The standard InChI is InChI=1S/C73H113As2N4O13P/c1-29-51(84-93(82-38-36-76-28)79(45(2)3)46(4)5)44-81-37-30-35-77-63(80)50-33-31-49(32-34-50)57-54-39-52-47(6)41-64(8,9)43-56(52)58(74(85-66(12,13)67(14,15)86-74)87-68(16,17)69(18,19)88-74)61(54)83-62-55(57)40-53-48(7)42-65(10,11)78-60(53)59(62)75(89-70(20,21)71(22,23)90-75)91-72(24,25)73(26,27)92-75/h31-34,39-40,45-48,51H,29-30,35-38,41-44H2,1-27H3,(H,77,80). The Balaban J connectivity index is 1.17. The smallest absolute Gasteiger partial charge is 0.0122 e. The van der Waals surface area contributed by atoms with Crippen molar-refractivity contribution in [3.05, 3.63) is 91.8 Å². The Morgan fingerprint density at radius 2 is 1.16 bits per heavy atom. The maximum absolute atomic E-state index is 14.4. The summed E-state index contributed by atoms with van der Waals surface area (Å²) in [5, 5.41) is 4.64. The van der Waals surface area contributed by atoms with Gasteiger partial charge in [0, 0.05) is 18.7 Å². The summed E-state index contributed by atoms with van der Waals surface area (Å²) in [7, 11) is -1.40. The molecule has 7 aliphatic rings. The van der Waals surface area contributed by atoms with Crippen molar-refractivity contribution in [1.29, 1.82) is 0 Å². The molecule has 3 aromatic rings. The van der Waals surface area contributed by atoms with Gasteiger partial charge < -0.3 is 18.6 Å². The maximum atomic E-state index is 14.4. The molecule has 20 heteroatoms. The van der Waals surface area contributed by atoms with E-state index in [0.717, 1.165) is 57.9 Å².